The maximum absolute atomic E-state index is 6.15. The molecular formula is C17H30N4. The highest BCUT2D eigenvalue weighted by atomic mass is 15.2. The van der Waals surface area contributed by atoms with Gasteiger partial charge in [0.15, 0.2) is 0 Å². The topological polar surface area (TPSA) is 47.1 Å². The van der Waals surface area contributed by atoms with Crippen molar-refractivity contribution < 1.29 is 0 Å². The summed E-state index contributed by atoms with van der Waals surface area (Å²) >= 11 is 0. The third kappa shape index (κ3) is 3.16. The number of imidazole rings is 1. The largest absolute Gasteiger partial charge is 0.333 e. The fraction of sp³-hybridized carbons (Fsp3) is 0.824. The summed E-state index contributed by atoms with van der Waals surface area (Å²) in [4.78, 5) is 7.00. The highest BCUT2D eigenvalue weighted by Gasteiger charge is 2.34. The lowest BCUT2D eigenvalue weighted by Crippen LogP contribution is -2.45. The zero-order valence-corrected chi connectivity index (χ0v) is 13.4. The van der Waals surface area contributed by atoms with Crippen LogP contribution in [0, 0.1) is 11.8 Å². The van der Waals surface area contributed by atoms with Gasteiger partial charge in [0.25, 0.3) is 0 Å². The molecule has 0 aromatic carbocycles. The summed E-state index contributed by atoms with van der Waals surface area (Å²) in [7, 11) is 0. The van der Waals surface area contributed by atoms with Gasteiger partial charge in [-0.3, -0.25) is 4.90 Å². The van der Waals surface area contributed by atoms with Crippen molar-refractivity contribution in [2.24, 2.45) is 17.6 Å². The summed E-state index contributed by atoms with van der Waals surface area (Å²) in [6, 6.07) is 0.349. The first-order valence-corrected chi connectivity index (χ1v) is 8.77. The number of aryl methyl sites for hydroxylation is 1. The Labute approximate surface area is 128 Å². The number of aromatic nitrogens is 2. The second kappa shape index (κ2) is 6.93. The molecular weight excluding hydrogens is 260 g/mol. The molecule has 2 N–H and O–H groups in total. The Morgan fingerprint density at radius 2 is 2.10 bits per heavy atom. The molecule has 3 unspecified atom stereocenters. The monoisotopic (exact) mass is 290 g/mol. The Bertz CT molecular complexity index is 442. The van der Waals surface area contributed by atoms with Crippen LogP contribution in [-0.2, 0) is 6.54 Å². The lowest BCUT2D eigenvalue weighted by molar-refractivity contribution is 0.0563. The first-order chi connectivity index (χ1) is 10.3. The summed E-state index contributed by atoms with van der Waals surface area (Å²) in [5.74, 6) is 1.89. The average Bonchev–Trinajstić information content (AvgIpc) is 2.97. The third-order valence-electron chi connectivity index (χ3n) is 5.54. The zero-order chi connectivity index (χ0) is 14.7. The van der Waals surface area contributed by atoms with Crippen LogP contribution < -0.4 is 5.73 Å². The number of fused-ring (bicyclic) bond motifs is 1. The minimum absolute atomic E-state index is 0.349. The first-order valence-electron chi connectivity index (χ1n) is 8.77. The molecule has 1 saturated carbocycles. The average molecular weight is 290 g/mol. The smallest absolute Gasteiger partial charge is 0.0948 e. The van der Waals surface area contributed by atoms with Gasteiger partial charge in [0.2, 0.25) is 0 Å². The third-order valence-corrected chi connectivity index (χ3v) is 5.54. The van der Waals surface area contributed by atoms with E-state index in [4.69, 9.17) is 5.73 Å². The van der Waals surface area contributed by atoms with E-state index in [2.05, 4.69) is 21.4 Å². The SMILES string of the molecule is CCCn1cncc1C(CN)N1CCC2CCCCC2C1. The second-order valence-corrected chi connectivity index (χ2v) is 6.85. The fourth-order valence-corrected chi connectivity index (χ4v) is 4.41. The van der Waals surface area contributed by atoms with Crippen LogP contribution >= 0.6 is 0 Å². The minimum atomic E-state index is 0.349. The lowest BCUT2D eigenvalue weighted by atomic mass is 9.75. The van der Waals surface area contributed by atoms with Gasteiger partial charge in [0.05, 0.1) is 18.1 Å². The van der Waals surface area contributed by atoms with Crippen LogP contribution in [0.2, 0.25) is 0 Å². The van der Waals surface area contributed by atoms with Gasteiger partial charge in [-0.15, -0.1) is 0 Å². The zero-order valence-electron chi connectivity index (χ0n) is 13.4. The van der Waals surface area contributed by atoms with Gasteiger partial charge in [0.1, 0.15) is 0 Å². The van der Waals surface area contributed by atoms with Crippen molar-refractivity contribution in [1.82, 2.24) is 14.5 Å². The van der Waals surface area contributed by atoms with Crippen LogP contribution in [0.25, 0.3) is 0 Å². The molecule has 1 aliphatic heterocycles. The number of likely N-dealkylation sites (tertiary alicyclic amines) is 1. The van der Waals surface area contributed by atoms with Gasteiger partial charge < -0.3 is 10.3 Å². The lowest BCUT2D eigenvalue weighted by Gasteiger charge is -2.44. The summed E-state index contributed by atoms with van der Waals surface area (Å²) in [5.41, 5.74) is 7.46. The van der Waals surface area contributed by atoms with E-state index in [1.165, 1.54) is 50.9 Å². The Balaban J connectivity index is 1.72. The predicted octanol–water partition coefficient (Wildman–Crippen LogP) is 2.81. The predicted molar refractivity (Wildman–Crippen MR) is 86.0 cm³/mol. The van der Waals surface area contributed by atoms with Gasteiger partial charge >= 0.3 is 0 Å². The number of rotatable bonds is 5. The van der Waals surface area contributed by atoms with Crippen LogP contribution in [0.4, 0.5) is 0 Å². The molecule has 0 spiro atoms. The molecule has 1 aromatic rings. The fourth-order valence-electron chi connectivity index (χ4n) is 4.41. The summed E-state index contributed by atoms with van der Waals surface area (Å²) in [5, 5.41) is 0. The molecule has 1 aromatic heterocycles. The molecule has 1 saturated heterocycles. The highest BCUT2D eigenvalue weighted by molar-refractivity contribution is 5.07. The summed E-state index contributed by atoms with van der Waals surface area (Å²) < 4.78 is 2.30. The van der Waals surface area contributed by atoms with E-state index in [-0.39, 0.29) is 0 Å². The minimum Gasteiger partial charge on any atom is -0.333 e. The molecule has 21 heavy (non-hydrogen) atoms. The van der Waals surface area contributed by atoms with Crippen molar-refractivity contribution in [3.8, 4) is 0 Å². The number of hydrogen-bond donors (Lipinski definition) is 1. The quantitative estimate of drug-likeness (QED) is 0.907. The molecule has 2 heterocycles. The molecule has 0 bridgehead atoms. The molecule has 4 heteroatoms. The molecule has 1 aliphatic carbocycles. The molecule has 118 valence electrons. The van der Waals surface area contributed by atoms with E-state index >= 15 is 0 Å². The first kappa shape index (κ1) is 15.0. The Hall–Kier alpha value is -0.870. The van der Waals surface area contributed by atoms with Crippen molar-refractivity contribution in [3.05, 3.63) is 18.2 Å². The summed E-state index contributed by atoms with van der Waals surface area (Å²) in [6.45, 7) is 6.41. The standard InChI is InChI=1S/C17H30N4/c1-2-8-21-13-19-11-17(21)16(10-18)20-9-7-14-5-3-4-6-15(14)12-20/h11,13-16H,2-10,12,18H2,1H3. The van der Waals surface area contributed by atoms with Gasteiger partial charge in [-0.1, -0.05) is 26.2 Å². The van der Waals surface area contributed by atoms with E-state index < -0.39 is 0 Å². The molecule has 3 rings (SSSR count). The van der Waals surface area contributed by atoms with Gasteiger partial charge in [-0.05, 0) is 37.6 Å². The molecule has 0 radical (unpaired) electrons. The van der Waals surface area contributed by atoms with Crippen LogP contribution in [0.1, 0.15) is 57.2 Å². The van der Waals surface area contributed by atoms with Crippen LogP contribution in [0.3, 0.4) is 0 Å². The van der Waals surface area contributed by atoms with E-state index in [0.717, 1.165) is 24.8 Å². The van der Waals surface area contributed by atoms with Gasteiger partial charge in [0, 0.05) is 25.8 Å². The van der Waals surface area contributed by atoms with Crippen LogP contribution in [-0.4, -0.2) is 34.1 Å². The normalized spacial score (nSPS) is 28.3. The van der Waals surface area contributed by atoms with E-state index in [1.54, 1.807) is 0 Å². The van der Waals surface area contributed by atoms with E-state index in [1.807, 2.05) is 12.5 Å². The Kier molecular flexibility index (Phi) is 4.96. The molecule has 2 aliphatic rings. The van der Waals surface area contributed by atoms with E-state index in [9.17, 15) is 0 Å². The second-order valence-electron chi connectivity index (χ2n) is 6.85. The highest BCUT2D eigenvalue weighted by Crippen LogP contribution is 2.38. The van der Waals surface area contributed by atoms with Crippen molar-refractivity contribution in [2.75, 3.05) is 19.6 Å². The Morgan fingerprint density at radius 3 is 2.86 bits per heavy atom. The van der Waals surface area contributed by atoms with Gasteiger partial charge in [-0.2, -0.15) is 0 Å². The van der Waals surface area contributed by atoms with Crippen molar-refractivity contribution in [2.45, 2.75) is 58.0 Å². The maximum atomic E-state index is 6.15. The summed E-state index contributed by atoms with van der Waals surface area (Å²) in [6.07, 6.45) is 12.3. The number of hydrogen-bond acceptors (Lipinski definition) is 3. The molecule has 2 fully saturated rings. The van der Waals surface area contributed by atoms with Crippen molar-refractivity contribution >= 4 is 0 Å². The Morgan fingerprint density at radius 1 is 1.29 bits per heavy atom. The van der Waals surface area contributed by atoms with E-state index in [0.29, 0.717) is 12.6 Å². The number of piperidine rings is 1. The molecule has 0 amide bonds. The van der Waals surface area contributed by atoms with Crippen LogP contribution in [0.15, 0.2) is 12.5 Å². The van der Waals surface area contributed by atoms with Crippen molar-refractivity contribution in [3.63, 3.8) is 0 Å². The van der Waals surface area contributed by atoms with Gasteiger partial charge in [-0.25, -0.2) is 4.98 Å². The number of nitrogens with zero attached hydrogens (tertiary/aromatic N) is 3. The molecule has 4 nitrogen and oxygen atoms in total. The van der Waals surface area contributed by atoms with Crippen LogP contribution in [0.5, 0.6) is 0 Å². The maximum Gasteiger partial charge on any atom is 0.0948 e. The number of nitrogens with two attached hydrogens (primary N) is 1. The molecule has 3 atom stereocenters. The van der Waals surface area contributed by atoms with Crippen molar-refractivity contribution in [1.29, 1.82) is 0 Å².